The van der Waals surface area contributed by atoms with E-state index in [2.05, 4.69) is 4.74 Å². The molecule has 8 heteroatoms. The third-order valence-corrected chi connectivity index (χ3v) is 2.95. The molecular formula is C10H12O7S. The van der Waals surface area contributed by atoms with Crippen LogP contribution in [0.5, 0.6) is 0 Å². The summed E-state index contributed by atoms with van der Waals surface area (Å²) in [6.07, 6.45) is 4.62. The molecule has 0 bridgehead atoms. The monoisotopic (exact) mass is 276 g/mol. The Labute approximate surface area is 103 Å². The summed E-state index contributed by atoms with van der Waals surface area (Å²) in [5.74, 6) is -3.76. The van der Waals surface area contributed by atoms with Gasteiger partial charge in [-0.3, -0.25) is 9.35 Å². The Bertz CT molecular complexity index is 500. The summed E-state index contributed by atoms with van der Waals surface area (Å²) >= 11 is 0. The molecule has 0 aromatic rings. The molecule has 1 atom stereocenters. The molecule has 0 aromatic heterocycles. The summed E-state index contributed by atoms with van der Waals surface area (Å²) in [6, 6.07) is 0. The van der Waals surface area contributed by atoms with Crippen LogP contribution >= 0.6 is 0 Å². The van der Waals surface area contributed by atoms with E-state index < -0.39 is 40.3 Å². The largest absolute Gasteiger partial charge is 0.481 e. The number of carbonyl (C=O) groups excluding carboxylic acids is 1. The average molecular weight is 276 g/mol. The number of esters is 1. The van der Waals surface area contributed by atoms with Gasteiger partial charge in [-0.1, -0.05) is 18.2 Å². The lowest BCUT2D eigenvalue weighted by Crippen LogP contribution is -2.25. The van der Waals surface area contributed by atoms with E-state index in [1.807, 2.05) is 0 Å². The van der Waals surface area contributed by atoms with Crippen LogP contribution in [0.1, 0.15) is 6.42 Å². The zero-order valence-corrected chi connectivity index (χ0v) is 10.1. The molecule has 1 rings (SSSR count). The van der Waals surface area contributed by atoms with E-state index in [-0.39, 0.29) is 12.0 Å². The van der Waals surface area contributed by atoms with Gasteiger partial charge in [-0.2, -0.15) is 8.42 Å². The van der Waals surface area contributed by atoms with E-state index in [1.54, 1.807) is 6.08 Å². The number of carboxylic acid groups (broad SMARTS) is 1. The molecule has 0 aliphatic heterocycles. The van der Waals surface area contributed by atoms with E-state index in [1.165, 1.54) is 12.2 Å². The Morgan fingerprint density at radius 2 is 2.11 bits per heavy atom. The molecule has 0 spiro atoms. The number of aliphatic carboxylic acids is 1. The third kappa shape index (κ3) is 4.30. The average Bonchev–Trinajstić information content (AvgIpc) is 2.27. The van der Waals surface area contributed by atoms with Gasteiger partial charge in [0.25, 0.3) is 10.1 Å². The molecule has 0 amide bonds. The van der Waals surface area contributed by atoms with Crippen LogP contribution in [0.25, 0.3) is 0 Å². The lowest BCUT2D eigenvalue weighted by molar-refractivity contribution is -0.145. The second-order valence-electron chi connectivity index (χ2n) is 3.60. The first-order chi connectivity index (χ1) is 8.31. The Morgan fingerprint density at radius 3 is 2.67 bits per heavy atom. The van der Waals surface area contributed by atoms with Gasteiger partial charge in [0.15, 0.2) is 0 Å². The maximum absolute atomic E-state index is 11.5. The van der Waals surface area contributed by atoms with Crippen molar-refractivity contribution in [2.75, 3.05) is 12.4 Å². The quantitative estimate of drug-likeness (QED) is 0.536. The molecule has 0 saturated heterocycles. The number of rotatable bonds is 5. The van der Waals surface area contributed by atoms with Crippen molar-refractivity contribution in [3.8, 4) is 0 Å². The zero-order valence-electron chi connectivity index (χ0n) is 9.27. The molecule has 0 fully saturated rings. The highest BCUT2D eigenvalue weighted by Crippen LogP contribution is 2.21. The molecule has 0 aromatic carbocycles. The van der Waals surface area contributed by atoms with Crippen LogP contribution < -0.4 is 0 Å². The molecule has 1 aliphatic rings. The number of allylic oxidation sites excluding steroid dienone is 3. The normalized spacial score (nSPS) is 19.2. The van der Waals surface area contributed by atoms with Crippen molar-refractivity contribution < 1.29 is 32.4 Å². The van der Waals surface area contributed by atoms with Crippen molar-refractivity contribution in [2.24, 2.45) is 5.92 Å². The molecule has 100 valence electrons. The standard InChI is InChI=1S/C10H12O7S/c11-9(12)7-3-1-2-4-8(7)10(13)17-5-6-18(14,15)16/h1-2,4,7H,3,5-6H2,(H,11,12)(H,14,15,16). The van der Waals surface area contributed by atoms with Crippen LogP contribution in [0.3, 0.4) is 0 Å². The van der Waals surface area contributed by atoms with Crippen LogP contribution in [0.4, 0.5) is 0 Å². The molecule has 18 heavy (non-hydrogen) atoms. The van der Waals surface area contributed by atoms with Gasteiger partial charge in [-0.25, -0.2) is 4.79 Å². The van der Waals surface area contributed by atoms with E-state index in [4.69, 9.17) is 9.66 Å². The van der Waals surface area contributed by atoms with Gasteiger partial charge in [0.1, 0.15) is 12.4 Å². The highest BCUT2D eigenvalue weighted by molar-refractivity contribution is 7.85. The maximum Gasteiger partial charge on any atom is 0.334 e. The third-order valence-electron chi connectivity index (χ3n) is 2.27. The highest BCUT2D eigenvalue weighted by atomic mass is 32.2. The first-order valence-electron chi connectivity index (χ1n) is 5.03. The molecule has 1 aliphatic carbocycles. The number of hydrogen-bond donors (Lipinski definition) is 2. The van der Waals surface area contributed by atoms with Gasteiger partial charge in [0.05, 0.1) is 11.5 Å². The molecule has 7 nitrogen and oxygen atoms in total. The Hall–Kier alpha value is -1.67. The maximum atomic E-state index is 11.5. The topological polar surface area (TPSA) is 118 Å². The van der Waals surface area contributed by atoms with Gasteiger partial charge >= 0.3 is 11.9 Å². The zero-order chi connectivity index (χ0) is 13.8. The molecular weight excluding hydrogens is 264 g/mol. The summed E-state index contributed by atoms with van der Waals surface area (Å²) in [7, 11) is -4.21. The predicted molar refractivity (Wildman–Crippen MR) is 60.3 cm³/mol. The second kappa shape index (κ2) is 5.78. The molecule has 0 heterocycles. The summed E-state index contributed by atoms with van der Waals surface area (Å²) in [5.41, 5.74) is -0.0414. The first-order valence-corrected chi connectivity index (χ1v) is 6.64. The lowest BCUT2D eigenvalue weighted by atomic mass is 9.92. The van der Waals surface area contributed by atoms with Gasteiger partial charge in [0, 0.05) is 0 Å². The van der Waals surface area contributed by atoms with Crippen molar-refractivity contribution in [1.82, 2.24) is 0 Å². The fraction of sp³-hybridized carbons (Fsp3) is 0.400. The number of ether oxygens (including phenoxy) is 1. The summed E-state index contributed by atoms with van der Waals surface area (Å²) in [6.45, 7) is -0.523. The molecule has 0 radical (unpaired) electrons. The van der Waals surface area contributed by atoms with E-state index in [0.29, 0.717) is 0 Å². The number of carboxylic acids is 1. The Balaban J connectivity index is 2.62. The van der Waals surface area contributed by atoms with Crippen molar-refractivity contribution >= 4 is 22.1 Å². The molecule has 0 saturated carbocycles. The fourth-order valence-electron chi connectivity index (χ4n) is 1.40. The van der Waals surface area contributed by atoms with Crippen molar-refractivity contribution in [3.63, 3.8) is 0 Å². The van der Waals surface area contributed by atoms with Crippen molar-refractivity contribution in [1.29, 1.82) is 0 Å². The Morgan fingerprint density at radius 1 is 1.44 bits per heavy atom. The smallest absolute Gasteiger partial charge is 0.334 e. The minimum Gasteiger partial charge on any atom is -0.481 e. The minimum absolute atomic E-state index is 0.0414. The van der Waals surface area contributed by atoms with Gasteiger partial charge < -0.3 is 9.84 Å². The van der Waals surface area contributed by atoms with E-state index in [9.17, 15) is 18.0 Å². The van der Waals surface area contributed by atoms with Crippen LogP contribution in [0, 0.1) is 5.92 Å². The van der Waals surface area contributed by atoms with E-state index in [0.717, 1.165) is 0 Å². The van der Waals surface area contributed by atoms with Crippen LogP contribution in [0.2, 0.25) is 0 Å². The first kappa shape index (κ1) is 14.4. The fourth-order valence-corrected chi connectivity index (χ4v) is 1.69. The van der Waals surface area contributed by atoms with Crippen LogP contribution in [-0.2, 0) is 24.4 Å². The van der Waals surface area contributed by atoms with Crippen LogP contribution in [-0.4, -0.2) is 42.4 Å². The SMILES string of the molecule is O=C(OCCS(=O)(=O)O)C1=CC=CCC1C(=O)O. The van der Waals surface area contributed by atoms with Gasteiger partial charge in [-0.15, -0.1) is 0 Å². The van der Waals surface area contributed by atoms with Gasteiger partial charge in [-0.05, 0) is 6.42 Å². The minimum atomic E-state index is -4.21. The summed E-state index contributed by atoms with van der Waals surface area (Å²) in [5, 5.41) is 8.89. The summed E-state index contributed by atoms with van der Waals surface area (Å²) < 4.78 is 33.8. The second-order valence-corrected chi connectivity index (χ2v) is 5.17. The van der Waals surface area contributed by atoms with Crippen LogP contribution in [0.15, 0.2) is 23.8 Å². The van der Waals surface area contributed by atoms with Gasteiger partial charge in [0.2, 0.25) is 0 Å². The highest BCUT2D eigenvalue weighted by Gasteiger charge is 2.28. The Kier molecular flexibility index (Phi) is 4.62. The molecule has 2 N–H and O–H groups in total. The summed E-state index contributed by atoms with van der Waals surface area (Å²) in [4.78, 5) is 22.4. The van der Waals surface area contributed by atoms with E-state index >= 15 is 0 Å². The predicted octanol–water partition coefficient (Wildman–Crippen LogP) is 0.00450. The molecule has 1 unspecified atom stereocenters. The number of hydrogen-bond acceptors (Lipinski definition) is 5. The lowest BCUT2D eigenvalue weighted by Gasteiger charge is -2.16. The van der Waals surface area contributed by atoms with Crippen molar-refractivity contribution in [3.05, 3.63) is 23.8 Å². The number of carbonyl (C=O) groups is 2. The van der Waals surface area contributed by atoms with Crippen molar-refractivity contribution in [2.45, 2.75) is 6.42 Å².